The Kier molecular flexibility index (Phi) is 6.87. The van der Waals surface area contributed by atoms with E-state index in [4.69, 9.17) is 15.3 Å². The molecule has 1 aliphatic heterocycles. The van der Waals surface area contributed by atoms with Crippen molar-refractivity contribution < 1.29 is 9.47 Å². The number of hydrogen-bond acceptors (Lipinski definition) is 4. The van der Waals surface area contributed by atoms with Crippen molar-refractivity contribution in [2.75, 3.05) is 40.0 Å². The summed E-state index contributed by atoms with van der Waals surface area (Å²) in [4.78, 5) is 4.37. The Balaban J connectivity index is 2.22. The number of hydrogen-bond donors (Lipinski definition) is 3. The molecular weight excluding hydrogens is 208 g/mol. The maximum absolute atomic E-state index is 5.39. The Labute approximate surface area is 96.6 Å². The molecular formula is C10H22N4O2. The minimum atomic E-state index is 0.515. The van der Waals surface area contributed by atoms with Crippen LogP contribution in [-0.4, -0.2) is 46.0 Å². The topological polar surface area (TPSA) is 80.9 Å². The largest absolute Gasteiger partial charge is 0.383 e. The van der Waals surface area contributed by atoms with Crippen LogP contribution >= 0.6 is 0 Å². The Morgan fingerprint density at radius 3 is 3.12 bits per heavy atom. The smallest absolute Gasteiger partial charge is 0.205 e. The van der Waals surface area contributed by atoms with Gasteiger partial charge in [-0.3, -0.25) is 10.4 Å². The lowest BCUT2D eigenvalue weighted by Crippen LogP contribution is -2.43. The first-order valence-electron chi connectivity index (χ1n) is 5.68. The SMILES string of the molecule is COCCNC(=NCC1CCCOC1)NN. The van der Waals surface area contributed by atoms with Crippen LogP contribution in [0.4, 0.5) is 0 Å². The summed E-state index contributed by atoms with van der Waals surface area (Å²) in [7, 11) is 1.66. The van der Waals surface area contributed by atoms with Crippen molar-refractivity contribution in [3.8, 4) is 0 Å². The molecule has 16 heavy (non-hydrogen) atoms. The van der Waals surface area contributed by atoms with Crippen molar-refractivity contribution in [2.24, 2.45) is 16.8 Å². The van der Waals surface area contributed by atoms with Crippen LogP contribution in [0.2, 0.25) is 0 Å². The zero-order valence-corrected chi connectivity index (χ0v) is 9.87. The molecule has 4 N–H and O–H groups in total. The number of rotatable bonds is 5. The third-order valence-corrected chi connectivity index (χ3v) is 2.50. The molecule has 1 unspecified atom stereocenters. The lowest BCUT2D eigenvalue weighted by atomic mass is 10.0. The molecule has 6 heteroatoms. The van der Waals surface area contributed by atoms with Crippen molar-refractivity contribution in [3.05, 3.63) is 0 Å². The monoisotopic (exact) mass is 230 g/mol. The highest BCUT2D eigenvalue weighted by atomic mass is 16.5. The van der Waals surface area contributed by atoms with E-state index in [1.165, 1.54) is 6.42 Å². The van der Waals surface area contributed by atoms with Gasteiger partial charge in [0.05, 0.1) is 13.2 Å². The highest BCUT2D eigenvalue weighted by molar-refractivity contribution is 5.79. The van der Waals surface area contributed by atoms with Gasteiger partial charge in [-0.2, -0.15) is 0 Å². The van der Waals surface area contributed by atoms with Crippen LogP contribution in [0.15, 0.2) is 4.99 Å². The predicted molar refractivity (Wildman–Crippen MR) is 63.0 cm³/mol. The van der Waals surface area contributed by atoms with Gasteiger partial charge in [0, 0.05) is 32.7 Å². The van der Waals surface area contributed by atoms with Gasteiger partial charge in [0.1, 0.15) is 0 Å². The number of nitrogens with zero attached hydrogens (tertiary/aromatic N) is 1. The van der Waals surface area contributed by atoms with E-state index in [9.17, 15) is 0 Å². The molecule has 0 saturated carbocycles. The van der Waals surface area contributed by atoms with Gasteiger partial charge in [-0.15, -0.1) is 0 Å². The zero-order chi connectivity index (χ0) is 11.6. The van der Waals surface area contributed by atoms with Gasteiger partial charge in [-0.05, 0) is 12.8 Å². The molecule has 0 aromatic rings. The molecule has 0 aromatic heterocycles. The van der Waals surface area contributed by atoms with Crippen LogP contribution in [0.5, 0.6) is 0 Å². The third kappa shape index (κ3) is 5.29. The second kappa shape index (κ2) is 8.32. The van der Waals surface area contributed by atoms with E-state index in [1.54, 1.807) is 7.11 Å². The van der Waals surface area contributed by atoms with E-state index in [0.29, 0.717) is 25.0 Å². The normalized spacial score (nSPS) is 21.9. The summed E-state index contributed by atoms with van der Waals surface area (Å²) in [6.45, 7) is 3.77. The van der Waals surface area contributed by atoms with Crippen molar-refractivity contribution in [2.45, 2.75) is 12.8 Å². The highest BCUT2D eigenvalue weighted by Crippen LogP contribution is 2.13. The summed E-state index contributed by atoms with van der Waals surface area (Å²) >= 11 is 0. The lowest BCUT2D eigenvalue weighted by molar-refractivity contribution is 0.0582. The summed E-state index contributed by atoms with van der Waals surface area (Å²) in [6.07, 6.45) is 2.31. The molecule has 0 aromatic carbocycles. The van der Waals surface area contributed by atoms with Gasteiger partial charge >= 0.3 is 0 Å². The molecule has 1 fully saturated rings. The Hall–Kier alpha value is -0.850. The second-order valence-corrected chi connectivity index (χ2v) is 3.84. The van der Waals surface area contributed by atoms with E-state index in [1.807, 2.05) is 0 Å². The van der Waals surface area contributed by atoms with Crippen LogP contribution in [0, 0.1) is 5.92 Å². The molecule has 94 valence electrons. The van der Waals surface area contributed by atoms with E-state index >= 15 is 0 Å². The summed E-state index contributed by atoms with van der Waals surface area (Å²) < 4.78 is 10.3. The molecule has 0 bridgehead atoms. The number of nitrogens with one attached hydrogen (secondary N) is 2. The van der Waals surface area contributed by atoms with Crippen molar-refractivity contribution in [1.29, 1.82) is 0 Å². The van der Waals surface area contributed by atoms with Crippen molar-refractivity contribution >= 4 is 5.96 Å². The van der Waals surface area contributed by atoms with Gasteiger partial charge in [0.2, 0.25) is 5.96 Å². The summed E-state index contributed by atoms with van der Waals surface area (Å²) in [5.74, 6) is 6.48. The number of ether oxygens (including phenoxy) is 2. The average molecular weight is 230 g/mol. The van der Waals surface area contributed by atoms with Crippen molar-refractivity contribution in [1.82, 2.24) is 10.7 Å². The molecule has 1 atom stereocenters. The minimum Gasteiger partial charge on any atom is -0.383 e. The molecule has 0 spiro atoms. The Bertz CT molecular complexity index is 205. The Morgan fingerprint density at radius 2 is 2.50 bits per heavy atom. The molecule has 1 aliphatic rings. The number of hydrazine groups is 1. The molecule has 0 aliphatic carbocycles. The summed E-state index contributed by atoms with van der Waals surface area (Å²) in [5.41, 5.74) is 2.54. The van der Waals surface area contributed by atoms with Crippen molar-refractivity contribution in [3.63, 3.8) is 0 Å². The number of methoxy groups -OCH3 is 1. The van der Waals surface area contributed by atoms with Gasteiger partial charge in [0.25, 0.3) is 0 Å². The van der Waals surface area contributed by atoms with E-state index < -0.39 is 0 Å². The first kappa shape index (κ1) is 13.2. The molecule has 0 radical (unpaired) electrons. The fourth-order valence-corrected chi connectivity index (χ4v) is 1.60. The molecule has 1 rings (SSSR count). The molecule has 1 saturated heterocycles. The number of guanidine groups is 1. The van der Waals surface area contributed by atoms with Gasteiger partial charge in [0.15, 0.2) is 0 Å². The zero-order valence-electron chi connectivity index (χ0n) is 9.87. The quantitative estimate of drug-likeness (QED) is 0.194. The first-order valence-corrected chi connectivity index (χ1v) is 5.68. The summed E-state index contributed by atoms with van der Waals surface area (Å²) in [6, 6.07) is 0. The van der Waals surface area contributed by atoms with E-state index in [0.717, 1.165) is 26.2 Å². The fraction of sp³-hybridized carbons (Fsp3) is 0.900. The lowest BCUT2D eigenvalue weighted by Gasteiger charge is -2.20. The van der Waals surface area contributed by atoms with Gasteiger partial charge in [-0.25, -0.2) is 5.84 Å². The predicted octanol–water partition coefficient (Wildman–Crippen LogP) is -0.532. The Morgan fingerprint density at radius 1 is 1.62 bits per heavy atom. The van der Waals surface area contributed by atoms with Crippen LogP contribution in [0.1, 0.15) is 12.8 Å². The maximum atomic E-state index is 5.39. The van der Waals surface area contributed by atoms with Crippen LogP contribution < -0.4 is 16.6 Å². The first-order chi connectivity index (χ1) is 7.86. The minimum absolute atomic E-state index is 0.515. The molecule has 6 nitrogen and oxygen atoms in total. The van der Waals surface area contributed by atoms with Crippen LogP contribution in [-0.2, 0) is 9.47 Å². The summed E-state index contributed by atoms with van der Waals surface area (Å²) in [5, 5.41) is 3.06. The third-order valence-electron chi connectivity index (χ3n) is 2.50. The molecule has 1 heterocycles. The van der Waals surface area contributed by atoms with Crippen LogP contribution in [0.3, 0.4) is 0 Å². The maximum Gasteiger partial charge on any atom is 0.205 e. The average Bonchev–Trinajstić information content (AvgIpc) is 2.35. The van der Waals surface area contributed by atoms with Gasteiger partial charge in [-0.1, -0.05) is 0 Å². The van der Waals surface area contributed by atoms with Gasteiger partial charge < -0.3 is 14.8 Å². The second-order valence-electron chi connectivity index (χ2n) is 3.84. The van der Waals surface area contributed by atoms with Crippen LogP contribution in [0.25, 0.3) is 0 Å². The van der Waals surface area contributed by atoms with E-state index in [2.05, 4.69) is 15.7 Å². The number of aliphatic imine (C=N–C) groups is 1. The standard InChI is InChI=1S/C10H22N4O2/c1-15-6-4-12-10(14-11)13-7-9-3-2-5-16-8-9/h9H,2-8,11H2,1H3,(H2,12,13,14). The fourth-order valence-electron chi connectivity index (χ4n) is 1.60. The number of nitrogens with two attached hydrogens (primary N) is 1. The molecule has 0 amide bonds. The van der Waals surface area contributed by atoms with E-state index in [-0.39, 0.29) is 0 Å². The highest BCUT2D eigenvalue weighted by Gasteiger charge is 2.13.